The van der Waals surface area contributed by atoms with Crippen LogP contribution in [0.1, 0.15) is 35.2 Å². The molecule has 4 rings (SSSR count). The lowest BCUT2D eigenvalue weighted by atomic mass is 9.95. The third kappa shape index (κ3) is 4.36. The summed E-state index contributed by atoms with van der Waals surface area (Å²) in [6, 6.07) is 9.24. The highest BCUT2D eigenvalue weighted by Crippen LogP contribution is 2.30. The highest BCUT2D eigenvalue weighted by Gasteiger charge is 2.24. The number of rotatable bonds is 7. The Kier molecular flexibility index (Phi) is 6.11. The monoisotopic (exact) mass is 440 g/mol. The molecule has 164 valence electrons. The quantitative estimate of drug-likeness (QED) is 0.608. The average molecular weight is 441 g/mol. The minimum absolute atomic E-state index is 0.162. The number of fused-ring (bicyclic) bond motifs is 1. The molecule has 0 radical (unpaired) electrons. The fourth-order valence-corrected chi connectivity index (χ4v) is 5.32. The van der Waals surface area contributed by atoms with Gasteiger partial charge in [-0.3, -0.25) is 9.67 Å². The third-order valence-electron chi connectivity index (χ3n) is 5.85. The molecule has 0 spiro atoms. The summed E-state index contributed by atoms with van der Waals surface area (Å²) in [6.45, 7) is 4.53. The molecule has 0 aliphatic heterocycles. The van der Waals surface area contributed by atoms with E-state index in [2.05, 4.69) is 9.71 Å². The molecule has 31 heavy (non-hydrogen) atoms. The molecule has 0 saturated heterocycles. The Bertz CT molecular complexity index is 1190. The van der Waals surface area contributed by atoms with E-state index in [1.807, 2.05) is 36.7 Å². The second-order valence-corrected chi connectivity index (χ2v) is 9.64. The molecular formula is C23H28N4O3S. The van der Waals surface area contributed by atoms with E-state index >= 15 is 0 Å². The van der Waals surface area contributed by atoms with Gasteiger partial charge in [0.05, 0.1) is 19.3 Å². The Labute approximate surface area is 183 Å². The van der Waals surface area contributed by atoms with Gasteiger partial charge in [0, 0.05) is 24.0 Å². The number of aromatic nitrogens is 3. The van der Waals surface area contributed by atoms with Crippen molar-refractivity contribution in [1.82, 2.24) is 19.5 Å². The van der Waals surface area contributed by atoms with Gasteiger partial charge in [-0.25, -0.2) is 13.1 Å². The second-order valence-electron chi connectivity index (χ2n) is 7.90. The predicted molar refractivity (Wildman–Crippen MR) is 120 cm³/mol. The van der Waals surface area contributed by atoms with Crippen molar-refractivity contribution in [3.05, 3.63) is 58.9 Å². The number of nitrogens with zero attached hydrogens (tertiary/aromatic N) is 3. The summed E-state index contributed by atoms with van der Waals surface area (Å²) in [6.07, 6.45) is 5.96. The summed E-state index contributed by atoms with van der Waals surface area (Å²) < 4.78 is 35.9. The Morgan fingerprint density at radius 3 is 2.65 bits per heavy atom. The van der Waals surface area contributed by atoms with Crippen molar-refractivity contribution in [1.29, 1.82) is 0 Å². The molecule has 1 N–H and O–H groups in total. The molecule has 0 amide bonds. The number of benzene rings is 1. The van der Waals surface area contributed by atoms with Gasteiger partial charge in [-0.05, 0) is 74.9 Å². The summed E-state index contributed by atoms with van der Waals surface area (Å²) in [5, 5.41) is 4.81. The van der Waals surface area contributed by atoms with Gasteiger partial charge in [0.2, 0.25) is 10.0 Å². The number of aryl methyl sites for hydroxylation is 2. The van der Waals surface area contributed by atoms with Crippen LogP contribution >= 0.6 is 0 Å². The Balaban J connectivity index is 1.55. The number of sulfonamides is 1. The van der Waals surface area contributed by atoms with Gasteiger partial charge in [0.1, 0.15) is 16.3 Å². The minimum Gasteiger partial charge on any atom is -0.495 e. The largest absolute Gasteiger partial charge is 0.495 e. The van der Waals surface area contributed by atoms with Crippen molar-refractivity contribution in [3.63, 3.8) is 0 Å². The number of ether oxygens (including phenoxy) is 1. The van der Waals surface area contributed by atoms with Gasteiger partial charge in [-0.15, -0.1) is 0 Å². The average Bonchev–Trinajstić information content (AvgIpc) is 3.14. The van der Waals surface area contributed by atoms with E-state index in [1.165, 1.54) is 18.4 Å². The summed E-state index contributed by atoms with van der Waals surface area (Å²) >= 11 is 0. The third-order valence-corrected chi connectivity index (χ3v) is 7.33. The predicted octanol–water partition coefficient (Wildman–Crippen LogP) is 3.43. The van der Waals surface area contributed by atoms with Crippen molar-refractivity contribution in [2.75, 3.05) is 13.7 Å². The molecule has 0 fully saturated rings. The lowest BCUT2D eigenvalue weighted by Crippen LogP contribution is -2.28. The van der Waals surface area contributed by atoms with E-state index in [1.54, 1.807) is 18.3 Å². The number of nitrogens with one attached hydrogen (secondary N) is 1. The normalized spacial score (nSPS) is 13.8. The highest BCUT2D eigenvalue weighted by atomic mass is 32.2. The van der Waals surface area contributed by atoms with Crippen LogP contribution < -0.4 is 9.46 Å². The smallest absolute Gasteiger partial charge is 0.244 e. The first-order valence-electron chi connectivity index (χ1n) is 10.6. The van der Waals surface area contributed by atoms with Crippen molar-refractivity contribution < 1.29 is 13.2 Å². The molecular weight excluding hydrogens is 412 g/mol. The first kappa shape index (κ1) is 21.5. The van der Waals surface area contributed by atoms with Gasteiger partial charge < -0.3 is 4.74 Å². The molecule has 1 aliphatic rings. The van der Waals surface area contributed by atoms with E-state index in [4.69, 9.17) is 9.84 Å². The van der Waals surface area contributed by atoms with Crippen LogP contribution in [-0.2, 0) is 29.4 Å². The van der Waals surface area contributed by atoms with Crippen LogP contribution in [0.15, 0.2) is 41.4 Å². The molecule has 1 aromatic carbocycles. The van der Waals surface area contributed by atoms with Gasteiger partial charge >= 0.3 is 0 Å². The van der Waals surface area contributed by atoms with E-state index in [-0.39, 0.29) is 11.4 Å². The molecule has 2 heterocycles. The van der Waals surface area contributed by atoms with Crippen molar-refractivity contribution >= 4 is 10.0 Å². The van der Waals surface area contributed by atoms with Gasteiger partial charge in [0.15, 0.2) is 0 Å². The van der Waals surface area contributed by atoms with E-state index < -0.39 is 10.0 Å². The van der Waals surface area contributed by atoms with Gasteiger partial charge in [-0.2, -0.15) is 5.10 Å². The van der Waals surface area contributed by atoms with Crippen molar-refractivity contribution in [2.24, 2.45) is 0 Å². The molecule has 7 nitrogen and oxygen atoms in total. The van der Waals surface area contributed by atoms with Crippen molar-refractivity contribution in [2.45, 2.75) is 51.0 Å². The zero-order valence-electron chi connectivity index (χ0n) is 18.2. The number of hydrogen-bond donors (Lipinski definition) is 1. The summed E-state index contributed by atoms with van der Waals surface area (Å²) in [7, 11) is -2.22. The zero-order valence-corrected chi connectivity index (χ0v) is 19.0. The zero-order chi connectivity index (χ0) is 22.0. The van der Waals surface area contributed by atoms with Crippen LogP contribution in [0.4, 0.5) is 0 Å². The van der Waals surface area contributed by atoms with Crippen LogP contribution in [0.25, 0.3) is 11.4 Å². The topological polar surface area (TPSA) is 86.1 Å². The molecule has 0 saturated carbocycles. The molecule has 1 aliphatic carbocycles. The highest BCUT2D eigenvalue weighted by molar-refractivity contribution is 7.89. The van der Waals surface area contributed by atoms with E-state index in [0.29, 0.717) is 12.3 Å². The standard InChI is InChI=1S/C23H28N4O3S/c1-16-14-21(30-3)22(15-17(16)2)31(28,29)25-12-13-27-20-10-5-4-8-18(20)23(26-27)19-9-6-7-11-24-19/h6-7,9,11,14-15,25H,4-5,8,10,12-13H2,1-3H3. The molecule has 8 heteroatoms. The molecule has 3 aromatic rings. The van der Waals surface area contributed by atoms with Crippen LogP contribution in [0.5, 0.6) is 5.75 Å². The van der Waals surface area contributed by atoms with Crippen molar-refractivity contribution in [3.8, 4) is 17.1 Å². The molecule has 0 atom stereocenters. The Hall–Kier alpha value is -2.71. The fraction of sp³-hybridized carbons (Fsp3) is 0.391. The van der Waals surface area contributed by atoms with Crippen LogP contribution in [0.2, 0.25) is 0 Å². The molecule has 0 bridgehead atoms. The first-order chi connectivity index (χ1) is 14.9. The second kappa shape index (κ2) is 8.80. The maximum absolute atomic E-state index is 13.0. The summed E-state index contributed by atoms with van der Waals surface area (Å²) in [5.74, 6) is 0.351. The lowest BCUT2D eigenvalue weighted by Gasteiger charge is -2.15. The first-order valence-corrected chi connectivity index (χ1v) is 12.0. The van der Waals surface area contributed by atoms with E-state index in [9.17, 15) is 8.42 Å². The fourth-order valence-electron chi connectivity index (χ4n) is 4.06. The molecule has 2 aromatic heterocycles. The number of hydrogen-bond acceptors (Lipinski definition) is 5. The maximum atomic E-state index is 13.0. The van der Waals surface area contributed by atoms with Crippen LogP contribution in [0.3, 0.4) is 0 Å². The Morgan fingerprint density at radius 2 is 1.90 bits per heavy atom. The lowest BCUT2D eigenvalue weighted by molar-refractivity contribution is 0.401. The SMILES string of the molecule is COc1cc(C)c(C)cc1S(=O)(=O)NCCn1nc(-c2ccccn2)c2c1CCCC2. The molecule has 0 unspecified atom stereocenters. The summed E-state index contributed by atoms with van der Waals surface area (Å²) in [4.78, 5) is 4.62. The summed E-state index contributed by atoms with van der Waals surface area (Å²) in [5.41, 5.74) is 6.09. The van der Waals surface area contributed by atoms with Crippen LogP contribution in [0, 0.1) is 13.8 Å². The maximum Gasteiger partial charge on any atom is 0.244 e. The minimum atomic E-state index is -3.71. The number of methoxy groups -OCH3 is 1. The number of pyridine rings is 1. The van der Waals surface area contributed by atoms with E-state index in [0.717, 1.165) is 48.2 Å². The van der Waals surface area contributed by atoms with Gasteiger partial charge in [0.25, 0.3) is 0 Å². The Morgan fingerprint density at radius 1 is 1.13 bits per heavy atom. The van der Waals surface area contributed by atoms with Crippen LogP contribution in [-0.4, -0.2) is 36.8 Å². The van der Waals surface area contributed by atoms with Gasteiger partial charge in [-0.1, -0.05) is 6.07 Å².